The Bertz CT molecular complexity index is 859. The maximum atomic E-state index is 13.2. The first kappa shape index (κ1) is 25.0. The van der Waals surface area contributed by atoms with E-state index >= 15 is 0 Å². The Hall–Kier alpha value is -2.65. The van der Waals surface area contributed by atoms with Gasteiger partial charge in [-0.2, -0.15) is 0 Å². The average molecular weight is 461 g/mol. The van der Waals surface area contributed by atoms with Crippen LogP contribution in [0.15, 0.2) is 18.2 Å². The molecule has 2 aliphatic rings. The number of carbonyl (C=O) groups excluding carboxylic acids is 3. The number of ether oxygens (including phenoxy) is 2. The largest absolute Gasteiger partial charge is 0.490 e. The van der Waals surface area contributed by atoms with Gasteiger partial charge in [0.25, 0.3) is 5.91 Å². The summed E-state index contributed by atoms with van der Waals surface area (Å²) < 4.78 is 12.2. The number of anilines is 1. The van der Waals surface area contributed by atoms with Crippen molar-refractivity contribution in [1.82, 2.24) is 15.1 Å². The van der Waals surface area contributed by atoms with Crippen LogP contribution in [0.3, 0.4) is 0 Å². The van der Waals surface area contributed by atoms with E-state index in [0.29, 0.717) is 42.8 Å². The Balaban J connectivity index is 1.62. The number of hydrogen-bond donors (Lipinski definition) is 2. The maximum absolute atomic E-state index is 13.2. The molecule has 1 fully saturated rings. The van der Waals surface area contributed by atoms with Crippen molar-refractivity contribution < 1.29 is 23.9 Å². The number of nitrogens with zero attached hydrogens (tertiary/aromatic N) is 2. The quantitative estimate of drug-likeness (QED) is 0.575. The van der Waals surface area contributed by atoms with Gasteiger partial charge in [-0.15, -0.1) is 0 Å². The highest BCUT2D eigenvalue weighted by atomic mass is 16.5. The second kappa shape index (κ2) is 11.5. The molecule has 0 saturated carbocycles. The zero-order valence-electron chi connectivity index (χ0n) is 20.1. The molecule has 0 spiro atoms. The summed E-state index contributed by atoms with van der Waals surface area (Å²) in [4.78, 5) is 41.1. The van der Waals surface area contributed by atoms with Gasteiger partial charge in [0.15, 0.2) is 0 Å². The van der Waals surface area contributed by atoms with E-state index in [1.807, 2.05) is 14.1 Å². The average Bonchev–Trinajstić information content (AvgIpc) is 2.79. The summed E-state index contributed by atoms with van der Waals surface area (Å²) in [5.74, 6) is 0.161. The predicted octanol–water partition coefficient (Wildman–Crippen LogP) is 1.87. The van der Waals surface area contributed by atoms with E-state index in [1.54, 1.807) is 37.1 Å². The van der Waals surface area contributed by atoms with E-state index in [1.165, 1.54) is 0 Å². The third-order valence-electron chi connectivity index (χ3n) is 6.13. The molecule has 3 rings (SSSR count). The number of benzene rings is 1. The summed E-state index contributed by atoms with van der Waals surface area (Å²) in [6, 6.07) is 4.95. The number of hydrogen-bond acceptors (Lipinski definition) is 6. The van der Waals surface area contributed by atoms with E-state index in [0.717, 1.165) is 19.4 Å². The molecule has 2 aliphatic heterocycles. The van der Waals surface area contributed by atoms with Crippen molar-refractivity contribution in [2.75, 3.05) is 46.2 Å². The minimum Gasteiger partial charge on any atom is -0.490 e. The van der Waals surface area contributed by atoms with Gasteiger partial charge in [-0.25, -0.2) is 0 Å². The van der Waals surface area contributed by atoms with Crippen molar-refractivity contribution in [3.8, 4) is 5.75 Å². The van der Waals surface area contributed by atoms with Crippen molar-refractivity contribution in [3.63, 3.8) is 0 Å². The standard InChI is InChI=1S/C24H36N4O5/c1-5-22(29)26-16-7-10-20-18(13-16)24(31)28(4)19-9-8-17(33-21(19)15-32-20)14-23(30)25-11-6-12-27(2)3/h7,10,13,17,19,21H,5-6,8-9,11-12,14-15H2,1-4H3,(H,25,30)(H,26,29)/t17-,19-,21-/m0/s1. The van der Waals surface area contributed by atoms with Gasteiger partial charge in [0.1, 0.15) is 18.5 Å². The first-order valence-corrected chi connectivity index (χ1v) is 11.7. The van der Waals surface area contributed by atoms with Crippen LogP contribution in [0.2, 0.25) is 0 Å². The monoisotopic (exact) mass is 460 g/mol. The number of carbonyl (C=O) groups is 3. The predicted molar refractivity (Wildman–Crippen MR) is 125 cm³/mol. The van der Waals surface area contributed by atoms with Crippen LogP contribution in [0.5, 0.6) is 5.75 Å². The fourth-order valence-electron chi connectivity index (χ4n) is 4.26. The molecule has 3 atom stereocenters. The molecule has 0 aromatic heterocycles. The molecule has 0 unspecified atom stereocenters. The van der Waals surface area contributed by atoms with Gasteiger partial charge >= 0.3 is 0 Å². The molecule has 9 heteroatoms. The van der Waals surface area contributed by atoms with Gasteiger partial charge in [-0.3, -0.25) is 14.4 Å². The summed E-state index contributed by atoms with van der Waals surface area (Å²) in [5.41, 5.74) is 0.990. The molecule has 0 aliphatic carbocycles. The summed E-state index contributed by atoms with van der Waals surface area (Å²) in [7, 11) is 5.79. The maximum Gasteiger partial charge on any atom is 0.257 e. The van der Waals surface area contributed by atoms with Crippen molar-refractivity contribution >= 4 is 23.4 Å². The van der Waals surface area contributed by atoms with Gasteiger partial charge in [-0.1, -0.05) is 6.92 Å². The van der Waals surface area contributed by atoms with E-state index in [-0.39, 0.29) is 42.6 Å². The summed E-state index contributed by atoms with van der Waals surface area (Å²) >= 11 is 0. The van der Waals surface area contributed by atoms with E-state index in [2.05, 4.69) is 15.5 Å². The van der Waals surface area contributed by atoms with Crippen LogP contribution in [0.1, 0.15) is 49.4 Å². The number of nitrogens with one attached hydrogen (secondary N) is 2. The lowest BCUT2D eigenvalue weighted by molar-refractivity contribution is -0.134. The number of rotatable bonds is 8. The molecule has 2 heterocycles. The first-order chi connectivity index (χ1) is 15.8. The molecule has 0 radical (unpaired) electrons. The van der Waals surface area contributed by atoms with Crippen molar-refractivity contribution in [2.24, 2.45) is 0 Å². The molecule has 0 bridgehead atoms. The van der Waals surface area contributed by atoms with Gasteiger partial charge in [0, 0.05) is 25.7 Å². The molecule has 1 saturated heterocycles. The van der Waals surface area contributed by atoms with Crippen LogP contribution in [-0.4, -0.2) is 86.6 Å². The Labute approximate surface area is 195 Å². The lowest BCUT2D eigenvalue weighted by Gasteiger charge is -2.42. The second-order valence-corrected chi connectivity index (χ2v) is 8.99. The lowest BCUT2D eigenvalue weighted by atomic mass is 9.94. The third kappa shape index (κ3) is 6.68. The topological polar surface area (TPSA) is 100 Å². The third-order valence-corrected chi connectivity index (χ3v) is 6.13. The van der Waals surface area contributed by atoms with Crippen molar-refractivity contribution in [1.29, 1.82) is 0 Å². The van der Waals surface area contributed by atoms with Crippen LogP contribution < -0.4 is 15.4 Å². The van der Waals surface area contributed by atoms with Crippen LogP contribution in [0.4, 0.5) is 5.69 Å². The molecule has 182 valence electrons. The molecule has 33 heavy (non-hydrogen) atoms. The van der Waals surface area contributed by atoms with Crippen LogP contribution >= 0.6 is 0 Å². The van der Waals surface area contributed by atoms with Gasteiger partial charge in [0.05, 0.1) is 24.1 Å². The highest BCUT2D eigenvalue weighted by Crippen LogP contribution is 2.32. The summed E-state index contributed by atoms with van der Waals surface area (Å²) in [6.07, 6.45) is 2.49. The molecular formula is C24H36N4O5. The number of fused-ring (bicyclic) bond motifs is 2. The van der Waals surface area contributed by atoms with Crippen LogP contribution in [-0.2, 0) is 14.3 Å². The SMILES string of the molecule is CCC(=O)Nc1ccc2c(c1)C(=O)N(C)[C@H]1CC[C@@H](CC(=O)NCCCN(C)C)O[C@H]1CO2. The Morgan fingerprint density at radius 1 is 1.21 bits per heavy atom. The smallest absolute Gasteiger partial charge is 0.257 e. The number of likely N-dealkylation sites (N-methyl/N-ethyl adjacent to an activating group) is 1. The molecule has 9 nitrogen and oxygen atoms in total. The van der Waals surface area contributed by atoms with Crippen molar-refractivity contribution in [2.45, 2.75) is 57.3 Å². The molecule has 1 aromatic rings. The zero-order chi connectivity index (χ0) is 24.0. The first-order valence-electron chi connectivity index (χ1n) is 11.7. The fourth-order valence-corrected chi connectivity index (χ4v) is 4.26. The Morgan fingerprint density at radius 2 is 2.00 bits per heavy atom. The fraction of sp³-hybridized carbons (Fsp3) is 0.625. The molecule has 2 N–H and O–H groups in total. The highest BCUT2D eigenvalue weighted by Gasteiger charge is 2.39. The molecular weight excluding hydrogens is 424 g/mol. The van der Waals surface area contributed by atoms with Gasteiger partial charge in [-0.05, 0) is 58.1 Å². The van der Waals surface area contributed by atoms with Gasteiger partial charge < -0.3 is 29.9 Å². The van der Waals surface area contributed by atoms with Crippen LogP contribution in [0, 0.1) is 0 Å². The lowest BCUT2D eigenvalue weighted by Crippen LogP contribution is -2.54. The van der Waals surface area contributed by atoms with E-state index < -0.39 is 0 Å². The Morgan fingerprint density at radius 3 is 2.73 bits per heavy atom. The number of amides is 3. The Kier molecular flexibility index (Phi) is 8.68. The minimum absolute atomic E-state index is 0.0135. The van der Waals surface area contributed by atoms with Gasteiger partial charge in [0.2, 0.25) is 11.8 Å². The zero-order valence-corrected chi connectivity index (χ0v) is 20.1. The summed E-state index contributed by atoms with van der Waals surface area (Å²) in [6.45, 7) is 3.64. The second-order valence-electron chi connectivity index (χ2n) is 8.99. The van der Waals surface area contributed by atoms with Crippen molar-refractivity contribution in [3.05, 3.63) is 23.8 Å². The van der Waals surface area contributed by atoms with E-state index in [9.17, 15) is 14.4 Å². The molecule has 3 amide bonds. The normalized spacial score (nSPS) is 22.5. The highest BCUT2D eigenvalue weighted by molar-refractivity contribution is 5.99. The molecule has 1 aromatic carbocycles. The summed E-state index contributed by atoms with van der Waals surface area (Å²) in [5, 5.41) is 5.75. The minimum atomic E-state index is -0.313. The van der Waals surface area contributed by atoms with E-state index in [4.69, 9.17) is 9.47 Å². The van der Waals surface area contributed by atoms with Crippen LogP contribution in [0.25, 0.3) is 0 Å².